The Morgan fingerprint density at radius 1 is 1.09 bits per heavy atom. The fourth-order valence-electron chi connectivity index (χ4n) is 6.66. The molecule has 0 aromatic rings. The van der Waals surface area contributed by atoms with E-state index in [2.05, 4.69) is 0 Å². The fraction of sp³-hybridized carbons (Fsp3) is 0.731. The lowest BCUT2D eigenvalue weighted by Crippen LogP contribution is -2.59. The van der Waals surface area contributed by atoms with Crippen molar-refractivity contribution in [2.24, 2.45) is 11.8 Å². The highest BCUT2D eigenvalue weighted by Gasteiger charge is 2.72. The molecule has 1 saturated carbocycles. The van der Waals surface area contributed by atoms with E-state index in [1.807, 2.05) is 29.2 Å². The fourth-order valence-corrected chi connectivity index (χ4v) is 6.66. The number of aliphatic hydroxyl groups is 1. The zero-order valence-electron chi connectivity index (χ0n) is 19.9. The van der Waals surface area contributed by atoms with Gasteiger partial charge in [0.1, 0.15) is 17.6 Å². The highest BCUT2D eigenvalue weighted by Crippen LogP contribution is 2.53. The van der Waals surface area contributed by atoms with Gasteiger partial charge in [-0.05, 0) is 39.0 Å². The van der Waals surface area contributed by atoms with Crippen LogP contribution in [-0.4, -0.2) is 82.3 Å². The van der Waals surface area contributed by atoms with Gasteiger partial charge in [-0.1, -0.05) is 43.6 Å². The van der Waals surface area contributed by atoms with Gasteiger partial charge in [-0.25, -0.2) is 0 Å². The highest BCUT2D eigenvalue weighted by molar-refractivity contribution is 5.99. The average molecular weight is 473 g/mol. The molecule has 2 saturated heterocycles. The highest BCUT2D eigenvalue weighted by atomic mass is 16.6. The minimum absolute atomic E-state index is 0.133. The van der Waals surface area contributed by atoms with E-state index in [9.17, 15) is 19.5 Å². The number of carbonyl (C=O) groups is 3. The van der Waals surface area contributed by atoms with Crippen molar-refractivity contribution in [1.82, 2.24) is 9.80 Å². The van der Waals surface area contributed by atoms with E-state index in [0.717, 1.165) is 44.9 Å². The molecule has 3 fully saturated rings. The number of esters is 1. The number of hydrogen-bond donors (Lipinski definition) is 1. The first-order chi connectivity index (χ1) is 16.5. The molecule has 1 spiro atoms. The van der Waals surface area contributed by atoms with E-state index >= 15 is 0 Å². The van der Waals surface area contributed by atoms with Crippen molar-refractivity contribution in [3.05, 3.63) is 24.3 Å². The van der Waals surface area contributed by atoms with Gasteiger partial charge in [0.05, 0.1) is 31.3 Å². The van der Waals surface area contributed by atoms with Crippen LogP contribution < -0.4 is 0 Å². The molecule has 34 heavy (non-hydrogen) atoms. The standard InChI is InChI=1S/C26H36N2O6/c1-17(16-29)28-22-24(31)27(18-10-5-4-6-11-18)14-9-13-26(22)21(23(28)30)20-19(34-26)12-7-2-3-8-15-33-25(20)32/h7,9,12-13,17-22,29H,2-6,8,10-11,14-16H2,1H3/b12-7-/t17-,19-,20+,21+,22?,26+/m1/s1. The Morgan fingerprint density at radius 2 is 1.88 bits per heavy atom. The monoisotopic (exact) mass is 472 g/mol. The van der Waals surface area contributed by atoms with Gasteiger partial charge in [-0.3, -0.25) is 14.4 Å². The Balaban J connectivity index is 1.58. The molecule has 1 aliphatic carbocycles. The van der Waals surface area contributed by atoms with Crippen LogP contribution in [0, 0.1) is 11.8 Å². The van der Waals surface area contributed by atoms with Gasteiger partial charge >= 0.3 is 5.97 Å². The molecule has 8 heteroatoms. The number of aliphatic hydroxyl groups excluding tert-OH is 1. The van der Waals surface area contributed by atoms with E-state index in [0.29, 0.717) is 13.2 Å². The number of allylic oxidation sites excluding steroid dienone is 1. The summed E-state index contributed by atoms with van der Waals surface area (Å²) in [5.74, 6) is -2.59. The number of nitrogens with zero attached hydrogens (tertiary/aromatic N) is 2. The molecule has 5 rings (SSSR count). The molecule has 0 bridgehead atoms. The summed E-state index contributed by atoms with van der Waals surface area (Å²) in [5, 5.41) is 9.99. The summed E-state index contributed by atoms with van der Waals surface area (Å²) in [6.45, 7) is 2.24. The molecule has 0 radical (unpaired) electrons. The van der Waals surface area contributed by atoms with Gasteiger partial charge in [-0.15, -0.1) is 0 Å². The van der Waals surface area contributed by atoms with Crippen LogP contribution in [0.1, 0.15) is 58.3 Å². The van der Waals surface area contributed by atoms with Crippen LogP contribution in [-0.2, 0) is 23.9 Å². The molecule has 4 aliphatic heterocycles. The number of carbonyl (C=O) groups excluding carboxylic acids is 3. The second-order valence-electron chi connectivity index (χ2n) is 10.4. The predicted molar refractivity (Wildman–Crippen MR) is 123 cm³/mol. The van der Waals surface area contributed by atoms with Crippen molar-refractivity contribution in [2.45, 2.75) is 88.1 Å². The third kappa shape index (κ3) is 3.70. The summed E-state index contributed by atoms with van der Waals surface area (Å²) in [4.78, 5) is 44.7. The molecule has 5 aliphatic rings. The second kappa shape index (κ2) is 9.46. The quantitative estimate of drug-likeness (QED) is 0.498. The maximum atomic E-state index is 14.2. The van der Waals surface area contributed by atoms with Gasteiger partial charge in [0.15, 0.2) is 0 Å². The van der Waals surface area contributed by atoms with Crippen molar-refractivity contribution >= 4 is 17.8 Å². The van der Waals surface area contributed by atoms with Crippen LogP contribution >= 0.6 is 0 Å². The lowest BCUT2D eigenvalue weighted by molar-refractivity contribution is -0.156. The van der Waals surface area contributed by atoms with Gasteiger partial charge < -0.3 is 24.4 Å². The molecule has 6 atom stereocenters. The van der Waals surface area contributed by atoms with Gasteiger partial charge in [0.25, 0.3) is 0 Å². The number of hydrogen-bond acceptors (Lipinski definition) is 6. The maximum Gasteiger partial charge on any atom is 0.312 e. The van der Waals surface area contributed by atoms with E-state index in [-0.39, 0.29) is 24.5 Å². The van der Waals surface area contributed by atoms with Crippen molar-refractivity contribution < 1.29 is 29.0 Å². The molecular formula is C26H36N2O6. The third-order valence-electron chi connectivity index (χ3n) is 8.32. The minimum atomic E-state index is -1.26. The summed E-state index contributed by atoms with van der Waals surface area (Å²) in [7, 11) is 0. The minimum Gasteiger partial charge on any atom is -0.465 e. The van der Waals surface area contributed by atoms with Crippen molar-refractivity contribution in [1.29, 1.82) is 0 Å². The zero-order chi connectivity index (χ0) is 23.9. The van der Waals surface area contributed by atoms with Crippen molar-refractivity contribution in [2.75, 3.05) is 19.8 Å². The number of cyclic esters (lactones) is 1. The third-order valence-corrected chi connectivity index (χ3v) is 8.32. The average Bonchev–Trinajstić information content (AvgIpc) is 3.24. The van der Waals surface area contributed by atoms with Crippen LogP contribution in [0.4, 0.5) is 0 Å². The Bertz CT molecular complexity index is 881. The number of likely N-dealkylation sites (tertiary alicyclic amines) is 1. The second-order valence-corrected chi connectivity index (χ2v) is 10.4. The summed E-state index contributed by atoms with van der Waals surface area (Å²) in [6, 6.07) is -1.35. The van der Waals surface area contributed by atoms with Crippen LogP contribution in [0.3, 0.4) is 0 Å². The normalized spacial score (nSPS) is 38.6. The van der Waals surface area contributed by atoms with Crippen LogP contribution in [0.25, 0.3) is 0 Å². The lowest BCUT2D eigenvalue weighted by atomic mass is 9.77. The number of rotatable bonds is 3. The van der Waals surface area contributed by atoms with Gasteiger partial charge in [0, 0.05) is 12.6 Å². The maximum absolute atomic E-state index is 14.2. The summed E-state index contributed by atoms with van der Waals surface area (Å²) in [6.07, 6.45) is 14.8. The van der Waals surface area contributed by atoms with E-state index in [4.69, 9.17) is 9.47 Å². The van der Waals surface area contributed by atoms with Crippen LogP contribution in [0.2, 0.25) is 0 Å². The molecule has 0 aromatic heterocycles. The van der Waals surface area contributed by atoms with Crippen molar-refractivity contribution in [3.8, 4) is 0 Å². The molecule has 1 N–H and O–H groups in total. The molecular weight excluding hydrogens is 436 g/mol. The van der Waals surface area contributed by atoms with Crippen LogP contribution in [0.15, 0.2) is 24.3 Å². The Hall–Kier alpha value is -2.19. The lowest BCUT2D eigenvalue weighted by Gasteiger charge is -2.40. The molecule has 8 nitrogen and oxygen atoms in total. The van der Waals surface area contributed by atoms with E-state index in [1.165, 1.54) is 11.3 Å². The first-order valence-electron chi connectivity index (χ1n) is 12.9. The zero-order valence-corrected chi connectivity index (χ0v) is 19.9. The van der Waals surface area contributed by atoms with E-state index in [1.54, 1.807) is 6.92 Å². The predicted octanol–water partition coefficient (Wildman–Crippen LogP) is 1.96. The molecule has 186 valence electrons. The largest absolute Gasteiger partial charge is 0.465 e. The number of fused-ring (bicyclic) bond motifs is 2. The van der Waals surface area contributed by atoms with Crippen molar-refractivity contribution in [3.63, 3.8) is 0 Å². The molecule has 2 amide bonds. The van der Waals surface area contributed by atoms with Gasteiger partial charge in [-0.2, -0.15) is 0 Å². The molecule has 1 unspecified atom stereocenters. The first kappa shape index (κ1) is 23.5. The van der Waals surface area contributed by atoms with Crippen LogP contribution in [0.5, 0.6) is 0 Å². The summed E-state index contributed by atoms with van der Waals surface area (Å²) in [5.41, 5.74) is -1.26. The van der Waals surface area contributed by atoms with Gasteiger partial charge in [0.2, 0.25) is 11.8 Å². The summed E-state index contributed by atoms with van der Waals surface area (Å²) < 4.78 is 12.2. The SMILES string of the molecule is C[C@H](CO)N1C(=O)[C@@H]2[C@H]3C(=O)OCCCC/C=C\[C@H]3O[C@@]23C=CCN(C2CCCCC2)C(=O)C13. The molecule has 0 aromatic carbocycles. The number of amides is 2. The first-order valence-corrected chi connectivity index (χ1v) is 12.9. The molecule has 4 heterocycles. The summed E-state index contributed by atoms with van der Waals surface area (Å²) >= 11 is 0. The number of ether oxygens (including phenoxy) is 2. The Morgan fingerprint density at radius 3 is 2.65 bits per heavy atom. The van der Waals surface area contributed by atoms with E-state index < -0.39 is 41.6 Å². The smallest absolute Gasteiger partial charge is 0.312 e. The Kier molecular flexibility index (Phi) is 6.55. The topological polar surface area (TPSA) is 96.4 Å². The Labute approximate surface area is 200 Å².